The van der Waals surface area contributed by atoms with Gasteiger partial charge in [-0.3, -0.25) is 9.59 Å². The quantitative estimate of drug-likeness (QED) is 0.343. The van der Waals surface area contributed by atoms with Crippen LogP contribution in [0.15, 0.2) is 38.9 Å². The number of piperidine rings is 1. The van der Waals surface area contributed by atoms with E-state index in [9.17, 15) is 9.59 Å². The van der Waals surface area contributed by atoms with Crippen LogP contribution in [0.25, 0.3) is 0 Å². The van der Waals surface area contributed by atoms with Crippen LogP contribution in [0, 0.1) is 17.8 Å². The molecule has 8 heteroatoms. The van der Waals surface area contributed by atoms with Gasteiger partial charge in [-0.15, -0.1) is 0 Å². The number of carboxylic acid groups (broad SMARTS) is 1. The molecule has 0 spiro atoms. The Bertz CT molecular complexity index is 1090. The summed E-state index contributed by atoms with van der Waals surface area (Å²) in [6, 6.07) is 4.39. The van der Waals surface area contributed by atoms with E-state index in [-0.39, 0.29) is 30.2 Å². The Morgan fingerprint density at radius 3 is 2.39 bits per heavy atom. The molecule has 0 radical (unpaired) electrons. The molecule has 5 nitrogen and oxygen atoms in total. The van der Waals surface area contributed by atoms with Crippen LogP contribution in [0.4, 0.5) is 0 Å². The molecule has 208 valence electrons. The van der Waals surface area contributed by atoms with Gasteiger partial charge < -0.3 is 15.3 Å². The number of carbonyl (C=O) groups is 2. The molecule has 2 N–H and O–H groups in total. The van der Waals surface area contributed by atoms with Crippen LogP contribution in [0.2, 0.25) is 5.02 Å². The molecule has 1 aromatic rings. The van der Waals surface area contributed by atoms with Crippen molar-refractivity contribution in [2.75, 3.05) is 13.1 Å². The fourth-order valence-electron chi connectivity index (χ4n) is 6.92. The summed E-state index contributed by atoms with van der Waals surface area (Å²) in [7, 11) is 0. The number of fused-ring (bicyclic) bond motifs is 2. The number of allylic oxidation sites excluding steroid dienone is 2. The maximum absolute atomic E-state index is 13.3. The number of carbonyl (C=O) groups excluding carboxylic acids is 1. The van der Waals surface area contributed by atoms with Gasteiger partial charge in [-0.25, -0.2) is 0 Å². The van der Waals surface area contributed by atoms with Crippen molar-refractivity contribution in [2.45, 2.75) is 83.6 Å². The van der Waals surface area contributed by atoms with Gasteiger partial charge in [-0.2, -0.15) is 0 Å². The third-order valence-electron chi connectivity index (χ3n) is 8.70. The zero-order chi connectivity index (χ0) is 27.4. The molecule has 2 heterocycles. The highest BCUT2D eigenvalue weighted by Crippen LogP contribution is 2.47. The van der Waals surface area contributed by atoms with Gasteiger partial charge in [0.25, 0.3) is 0 Å². The van der Waals surface area contributed by atoms with E-state index in [2.05, 4.69) is 60.4 Å². The van der Waals surface area contributed by atoms with Gasteiger partial charge in [0.1, 0.15) is 0 Å². The van der Waals surface area contributed by atoms with Crippen LogP contribution in [0.3, 0.4) is 0 Å². The minimum Gasteiger partial charge on any atom is -0.481 e. The molecule has 1 amide bonds. The fraction of sp³-hybridized carbons (Fsp3) is 0.600. The van der Waals surface area contributed by atoms with Gasteiger partial charge in [-0.05, 0) is 114 Å². The number of nitrogens with one attached hydrogen (secondary N) is 1. The summed E-state index contributed by atoms with van der Waals surface area (Å²) in [6.07, 6.45) is 11.8. The lowest BCUT2D eigenvalue weighted by Crippen LogP contribution is -2.46. The average molecular weight is 671 g/mol. The number of halogens is 3. The van der Waals surface area contributed by atoms with E-state index in [0.29, 0.717) is 11.8 Å². The Morgan fingerprint density at radius 1 is 1.05 bits per heavy atom. The maximum atomic E-state index is 13.3. The van der Waals surface area contributed by atoms with Crippen molar-refractivity contribution in [1.29, 1.82) is 0 Å². The summed E-state index contributed by atoms with van der Waals surface area (Å²) in [4.78, 5) is 26.4. The number of aliphatic carboxylic acids is 1. The standard InChI is InChI=1S/C28H33Br2ClN2O3.C2H6/c29-21-12-20-6-5-19-13-22(31)14-23(30)25(19)26(27(20)32-15-21)17-7-9-33(10-8-17)28(36)18-3-1-16(2-4-18)11-24(34)35;1-2/h12-18,26-27,32H,1-11H2,(H,34,35);1-2H3. The predicted octanol–water partition coefficient (Wildman–Crippen LogP) is 7.81. The van der Waals surface area contributed by atoms with Gasteiger partial charge in [0.15, 0.2) is 0 Å². The van der Waals surface area contributed by atoms with Crippen molar-refractivity contribution < 1.29 is 14.7 Å². The van der Waals surface area contributed by atoms with Crippen molar-refractivity contribution in [2.24, 2.45) is 17.8 Å². The molecule has 4 aliphatic rings. The topological polar surface area (TPSA) is 69.6 Å². The molecule has 2 aliphatic heterocycles. The number of benzene rings is 1. The molecule has 0 aromatic heterocycles. The van der Waals surface area contributed by atoms with Crippen LogP contribution in [0.5, 0.6) is 0 Å². The van der Waals surface area contributed by atoms with Crippen LogP contribution >= 0.6 is 43.5 Å². The first-order valence-corrected chi connectivity index (χ1v) is 16.1. The lowest BCUT2D eigenvalue weighted by Gasteiger charge is -2.42. The molecule has 5 rings (SSSR count). The van der Waals surface area contributed by atoms with Gasteiger partial charge >= 0.3 is 5.97 Å². The third kappa shape index (κ3) is 6.69. The third-order valence-corrected chi connectivity index (χ3v) is 10.0. The van der Waals surface area contributed by atoms with Crippen molar-refractivity contribution in [3.63, 3.8) is 0 Å². The molecule has 1 saturated carbocycles. The molecule has 1 saturated heterocycles. The second-order valence-electron chi connectivity index (χ2n) is 10.9. The number of nitrogens with zero attached hydrogens (tertiary/aromatic N) is 1. The molecule has 2 atom stereocenters. The highest BCUT2D eigenvalue weighted by Gasteiger charge is 2.41. The molecule has 2 unspecified atom stereocenters. The number of hydrogen-bond donors (Lipinski definition) is 2. The minimum absolute atomic E-state index is 0.0542. The van der Waals surface area contributed by atoms with E-state index in [1.807, 2.05) is 19.9 Å². The van der Waals surface area contributed by atoms with Crippen LogP contribution in [-0.4, -0.2) is 41.0 Å². The Balaban J connectivity index is 0.00000164. The second kappa shape index (κ2) is 13.4. The zero-order valence-electron chi connectivity index (χ0n) is 22.3. The van der Waals surface area contributed by atoms with E-state index in [4.69, 9.17) is 16.7 Å². The number of amides is 1. The highest BCUT2D eigenvalue weighted by atomic mass is 79.9. The molecule has 0 bridgehead atoms. The summed E-state index contributed by atoms with van der Waals surface area (Å²) in [5, 5.41) is 13.5. The first-order chi connectivity index (χ1) is 18.3. The first-order valence-electron chi connectivity index (χ1n) is 14.1. The van der Waals surface area contributed by atoms with Gasteiger partial charge in [-0.1, -0.05) is 41.4 Å². The highest BCUT2D eigenvalue weighted by molar-refractivity contribution is 9.12. The molecule has 38 heavy (non-hydrogen) atoms. The van der Waals surface area contributed by atoms with Gasteiger partial charge in [0.2, 0.25) is 5.91 Å². The van der Waals surface area contributed by atoms with E-state index in [1.165, 1.54) is 16.7 Å². The normalized spacial score (nSPS) is 27.3. The fourth-order valence-corrected chi connectivity index (χ4v) is 8.48. The lowest BCUT2D eigenvalue weighted by molar-refractivity contribution is -0.139. The summed E-state index contributed by atoms with van der Waals surface area (Å²) in [5.74, 6) is 0.591. The first kappa shape index (κ1) is 29.7. The molecule has 2 aliphatic carbocycles. The number of likely N-dealkylation sites (tertiary alicyclic amines) is 1. The lowest BCUT2D eigenvalue weighted by atomic mass is 9.73. The van der Waals surface area contributed by atoms with Crippen LogP contribution in [0.1, 0.15) is 82.3 Å². The molecular weight excluding hydrogens is 632 g/mol. The van der Waals surface area contributed by atoms with Crippen molar-refractivity contribution in [3.8, 4) is 0 Å². The molecule has 2 fully saturated rings. The smallest absolute Gasteiger partial charge is 0.303 e. The van der Waals surface area contributed by atoms with E-state index in [0.717, 1.165) is 78.4 Å². The second-order valence-corrected chi connectivity index (χ2v) is 13.1. The number of rotatable bonds is 4. The Hall–Kier alpha value is -1.31. The zero-order valence-corrected chi connectivity index (χ0v) is 26.2. The van der Waals surface area contributed by atoms with E-state index >= 15 is 0 Å². The van der Waals surface area contributed by atoms with Crippen molar-refractivity contribution >= 4 is 55.3 Å². The summed E-state index contributed by atoms with van der Waals surface area (Å²) in [6.45, 7) is 5.59. The molecule has 1 aromatic carbocycles. The largest absolute Gasteiger partial charge is 0.481 e. The van der Waals surface area contributed by atoms with Crippen LogP contribution in [-0.2, 0) is 16.0 Å². The minimum atomic E-state index is -0.728. The maximum Gasteiger partial charge on any atom is 0.303 e. The van der Waals surface area contributed by atoms with Crippen molar-refractivity contribution in [3.05, 3.63) is 55.1 Å². The van der Waals surface area contributed by atoms with Crippen molar-refractivity contribution in [1.82, 2.24) is 10.2 Å². The Morgan fingerprint density at radius 2 is 1.74 bits per heavy atom. The number of carboxylic acids is 1. The average Bonchev–Trinajstić information content (AvgIpc) is 3.06. The summed E-state index contributed by atoms with van der Waals surface area (Å²) >= 11 is 14.0. The SMILES string of the molecule is CC.O=C(O)CC1CCC(C(=O)N2CCC(C3c4c(Br)cc(Cl)cc4CCC4=CC(Br)=CNC43)CC2)CC1. The Kier molecular flexibility index (Phi) is 10.4. The number of dihydropyridines is 1. The molecular formula is C30H39Br2ClN2O3. The van der Waals surface area contributed by atoms with E-state index < -0.39 is 5.97 Å². The number of aryl methyl sites for hydroxylation is 1. The van der Waals surface area contributed by atoms with Gasteiger partial charge in [0, 0.05) is 51.5 Å². The van der Waals surface area contributed by atoms with Crippen LogP contribution < -0.4 is 5.32 Å². The summed E-state index contributed by atoms with van der Waals surface area (Å²) < 4.78 is 2.16. The predicted molar refractivity (Wildman–Crippen MR) is 161 cm³/mol. The number of hydrogen-bond acceptors (Lipinski definition) is 3. The van der Waals surface area contributed by atoms with Gasteiger partial charge in [0.05, 0.1) is 6.04 Å². The van der Waals surface area contributed by atoms with E-state index in [1.54, 1.807) is 0 Å². The summed E-state index contributed by atoms with van der Waals surface area (Å²) in [5.41, 5.74) is 4.11. The monoisotopic (exact) mass is 668 g/mol. The Labute approximate surface area is 248 Å².